The number of hydrogen-bond donors (Lipinski definition) is 1. The van der Waals surface area contributed by atoms with E-state index in [1.807, 2.05) is 6.92 Å². The molecule has 1 N–H and O–H groups in total. The number of aryl methyl sites for hydroxylation is 2. The van der Waals surface area contributed by atoms with Crippen LogP contribution in [-0.4, -0.2) is 21.3 Å². The van der Waals surface area contributed by atoms with Crippen molar-refractivity contribution >= 4 is 11.6 Å². The summed E-state index contributed by atoms with van der Waals surface area (Å²) in [6.07, 6.45) is 3.42. The second kappa shape index (κ2) is 6.37. The molecule has 0 saturated heterocycles. The minimum absolute atomic E-state index is 0.618. The highest BCUT2D eigenvalue weighted by molar-refractivity contribution is 6.30. The molecule has 0 aliphatic rings. The molecule has 0 radical (unpaired) electrons. The summed E-state index contributed by atoms with van der Waals surface area (Å²) in [4.78, 5) is 4.62. The number of pyridine rings is 1. The first-order valence-electron chi connectivity index (χ1n) is 6.85. The van der Waals surface area contributed by atoms with E-state index < -0.39 is 0 Å². The smallest absolute Gasteiger partial charge is 0.158 e. The number of aromatic nitrogens is 3. The quantitative estimate of drug-likeness (QED) is 0.919. The molecule has 0 fully saturated rings. The molecular formula is C15H21ClN4. The molecule has 0 atom stereocenters. The van der Waals surface area contributed by atoms with E-state index in [9.17, 15) is 0 Å². The Labute approximate surface area is 125 Å². The normalized spacial score (nSPS) is 11.3. The second-order valence-electron chi connectivity index (χ2n) is 5.51. The highest BCUT2D eigenvalue weighted by Crippen LogP contribution is 2.19. The molecule has 0 saturated carbocycles. The third kappa shape index (κ3) is 3.58. The number of halogens is 1. The zero-order valence-electron chi connectivity index (χ0n) is 12.4. The minimum atomic E-state index is 0.618. The Balaban J connectivity index is 2.33. The van der Waals surface area contributed by atoms with Gasteiger partial charge in [0.15, 0.2) is 5.82 Å². The van der Waals surface area contributed by atoms with Crippen molar-refractivity contribution in [1.82, 2.24) is 20.1 Å². The van der Waals surface area contributed by atoms with E-state index >= 15 is 0 Å². The van der Waals surface area contributed by atoms with Crippen LogP contribution in [0.2, 0.25) is 5.02 Å². The topological polar surface area (TPSA) is 42.7 Å². The van der Waals surface area contributed by atoms with Crippen LogP contribution in [0.1, 0.15) is 30.7 Å². The van der Waals surface area contributed by atoms with Gasteiger partial charge in [0.2, 0.25) is 0 Å². The van der Waals surface area contributed by atoms with Crippen molar-refractivity contribution in [3.63, 3.8) is 0 Å². The van der Waals surface area contributed by atoms with Gasteiger partial charge in [-0.15, -0.1) is 0 Å². The summed E-state index contributed by atoms with van der Waals surface area (Å²) < 4.78 is 1.74. The third-order valence-corrected chi connectivity index (χ3v) is 3.27. The molecule has 2 heterocycles. The Morgan fingerprint density at radius 2 is 2.10 bits per heavy atom. The summed E-state index contributed by atoms with van der Waals surface area (Å²) in [5, 5.41) is 8.35. The van der Waals surface area contributed by atoms with E-state index in [1.165, 1.54) is 5.56 Å². The molecule has 0 aliphatic heterocycles. The van der Waals surface area contributed by atoms with E-state index in [1.54, 1.807) is 17.1 Å². The lowest BCUT2D eigenvalue weighted by Crippen LogP contribution is -2.21. The van der Waals surface area contributed by atoms with Crippen LogP contribution in [0.3, 0.4) is 0 Å². The number of rotatable bonds is 5. The fourth-order valence-corrected chi connectivity index (χ4v) is 2.29. The molecule has 108 valence electrons. The van der Waals surface area contributed by atoms with Gasteiger partial charge >= 0.3 is 0 Å². The lowest BCUT2D eigenvalue weighted by atomic mass is 10.1. The van der Waals surface area contributed by atoms with Crippen LogP contribution >= 0.6 is 11.6 Å². The molecule has 0 spiro atoms. The summed E-state index contributed by atoms with van der Waals surface area (Å²) in [7, 11) is 0. The number of hydrogen-bond acceptors (Lipinski definition) is 3. The summed E-state index contributed by atoms with van der Waals surface area (Å²) >= 11 is 5.96. The summed E-state index contributed by atoms with van der Waals surface area (Å²) in [6, 6.07) is 2.10. The van der Waals surface area contributed by atoms with Crippen LogP contribution in [0, 0.1) is 19.8 Å². The van der Waals surface area contributed by atoms with Gasteiger partial charge in [-0.05, 0) is 37.9 Å². The first kappa shape index (κ1) is 15.0. The standard InChI is InChI=1S/C15H21ClN4/c1-10(2)6-17-8-14-11(3)5-12(4)19-15(14)20-9-13(16)7-18-20/h5,7,9-10,17H,6,8H2,1-4H3. The van der Waals surface area contributed by atoms with Crippen molar-refractivity contribution in [2.45, 2.75) is 34.2 Å². The molecule has 2 aromatic rings. The number of nitrogens with zero attached hydrogens (tertiary/aromatic N) is 3. The second-order valence-corrected chi connectivity index (χ2v) is 5.95. The summed E-state index contributed by atoms with van der Waals surface area (Å²) in [5.74, 6) is 1.47. The monoisotopic (exact) mass is 292 g/mol. The van der Waals surface area contributed by atoms with Gasteiger partial charge in [-0.25, -0.2) is 9.67 Å². The van der Waals surface area contributed by atoms with E-state index in [-0.39, 0.29) is 0 Å². The zero-order valence-corrected chi connectivity index (χ0v) is 13.2. The minimum Gasteiger partial charge on any atom is -0.312 e. The highest BCUT2D eigenvalue weighted by atomic mass is 35.5. The van der Waals surface area contributed by atoms with Gasteiger partial charge in [-0.2, -0.15) is 5.10 Å². The molecule has 0 bridgehead atoms. The van der Waals surface area contributed by atoms with Crippen molar-refractivity contribution in [2.24, 2.45) is 5.92 Å². The van der Waals surface area contributed by atoms with Gasteiger partial charge < -0.3 is 5.32 Å². The van der Waals surface area contributed by atoms with E-state index in [0.29, 0.717) is 10.9 Å². The average Bonchev–Trinajstić information content (AvgIpc) is 2.77. The molecule has 2 aromatic heterocycles. The lowest BCUT2D eigenvalue weighted by molar-refractivity contribution is 0.549. The van der Waals surface area contributed by atoms with Crippen LogP contribution in [-0.2, 0) is 6.54 Å². The highest BCUT2D eigenvalue weighted by Gasteiger charge is 2.12. The van der Waals surface area contributed by atoms with Crippen molar-refractivity contribution in [3.8, 4) is 5.82 Å². The molecule has 20 heavy (non-hydrogen) atoms. The molecule has 5 heteroatoms. The Hall–Kier alpha value is -1.39. The SMILES string of the molecule is Cc1cc(C)c(CNCC(C)C)c(-n2cc(Cl)cn2)n1. The van der Waals surface area contributed by atoms with Gasteiger partial charge in [0.1, 0.15) is 0 Å². The predicted molar refractivity (Wildman–Crippen MR) is 82.4 cm³/mol. The third-order valence-electron chi connectivity index (χ3n) is 3.08. The maximum absolute atomic E-state index is 5.96. The van der Waals surface area contributed by atoms with Crippen LogP contribution in [0.15, 0.2) is 18.5 Å². The molecule has 4 nitrogen and oxygen atoms in total. The first-order chi connectivity index (χ1) is 9.47. The first-order valence-corrected chi connectivity index (χ1v) is 7.23. The maximum Gasteiger partial charge on any atom is 0.158 e. The van der Waals surface area contributed by atoms with Crippen molar-refractivity contribution in [2.75, 3.05) is 6.54 Å². The van der Waals surface area contributed by atoms with Crippen molar-refractivity contribution in [1.29, 1.82) is 0 Å². The van der Waals surface area contributed by atoms with Crippen LogP contribution in [0.25, 0.3) is 5.82 Å². The van der Waals surface area contributed by atoms with Gasteiger partial charge in [0.25, 0.3) is 0 Å². The Morgan fingerprint density at radius 1 is 1.35 bits per heavy atom. The summed E-state index contributed by atoms with van der Waals surface area (Å²) in [5.41, 5.74) is 3.36. The van der Waals surface area contributed by atoms with E-state index in [2.05, 4.69) is 42.2 Å². The largest absolute Gasteiger partial charge is 0.312 e. The van der Waals surface area contributed by atoms with E-state index in [0.717, 1.165) is 30.2 Å². The van der Waals surface area contributed by atoms with Crippen LogP contribution < -0.4 is 5.32 Å². The van der Waals surface area contributed by atoms with Crippen LogP contribution in [0.5, 0.6) is 0 Å². The molecule has 0 unspecified atom stereocenters. The summed E-state index contributed by atoms with van der Waals surface area (Å²) in [6.45, 7) is 10.3. The molecule has 2 rings (SSSR count). The molecule has 0 aromatic carbocycles. The Bertz CT molecular complexity index is 590. The van der Waals surface area contributed by atoms with Gasteiger partial charge in [-0.1, -0.05) is 25.4 Å². The fourth-order valence-electron chi connectivity index (χ4n) is 2.15. The van der Waals surface area contributed by atoms with Crippen molar-refractivity contribution in [3.05, 3.63) is 40.3 Å². The van der Waals surface area contributed by atoms with Gasteiger partial charge in [0.05, 0.1) is 17.4 Å². The van der Waals surface area contributed by atoms with Crippen LogP contribution in [0.4, 0.5) is 0 Å². The average molecular weight is 293 g/mol. The van der Waals surface area contributed by atoms with Gasteiger partial charge in [-0.3, -0.25) is 0 Å². The fraction of sp³-hybridized carbons (Fsp3) is 0.467. The zero-order chi connectivity index (χ0) is 14.7. The van der Waals surface area contributed by atoms with Gasteiger partial charge in [0, 0.05) is 17.8 Å². The molecular weight excluding hydrogens is 272 g/mol. The maximum atomic E-state index is 5.96. The number of nitrogens with one attached hydrogen (secondary N) is 1. The molecule has 0 amide bonds. The van der Waals surface area contributed by atoms with Crippen molar-refractivity contribution < 1.29 is 0 Å². The Morgan fingerprint density at radius 3 is 2.70 bits per heavy atom. The Kier molecular flexibility index (Phi) is 4.78. The van der Waals surface area contributed by atoms with E-state index in [4.69, 9.17) is 11.6 Å². The lowest BCUT2D eigenvalue weighted by Gasteiger charge is -2.14. The molecule has 0 aliphatic carbocycles. The predicted octanol–water partition coefficient (Wildman–Crippen LogP) is 3.28.